The highest BCUT2D eigenvalue weighted by Crippen LogP contribution is 2.23. The fourth-order valence-electron chi connectivity index (χ4n) is 1.33. The summed E-state index contributed by atoms with van der Waals surface area (Å²) in [4.78, 5) is 2.03. The SMILES string of the molecule is CN(CCC#N)Cc1c(N)cccc1Cl. The summed E-state index contributed by atoms with van der Waals surface area (Å²) < 4.78 is 0. The number of nitrogen functional groups attached to an aromatic ring is 1. The zero-order valence-corrected chi connectivity index (χ0v) is 9.46. The Morgan fingerprint density at radius 3 is 2.87 bits per heavy atom. The molecule has 0 radical (unpaired) electrons. The van der Waals surface area contributed by atoms with E-state index in [2.05, 4.69) is 6.07 Å². The average molecular weight is 224 g/mol. The lowest BCUT2D eigenvalue weighted by Gasteiger charge is -2.17. The normalized spacial score (nSPS) is 10.3. The molecule has 3 nitrogen and oxygen atoms in total. The predicted octanol–water partition coefficient (Wildman–Crippen LogP) is 2.27. The minimum Gasteiger partial charge on any atom is -0.398 e. The zero-order valence-electron chi connectivity index (χ0n) is 8.70. The maximum atomic E-state index is 8.46. The van der Waals surface area contributed by atoms with Crippen molar-refractivity contribution in [3.63, 3.8) is 0 Å². The predicted molar refractivity (Wildman–Crippen MR) is 62.4 cm³/mol. The van der Waals surface area contributed by atoms with Crippen molar-refractivity contribution >= 4 is 17.3 Å². The Balaban J connectivity index is 2.68. The molecule has 0 atom stereocenters. The molecule has 0 fully saturated rings. The summed E-state index contributed by atoms with van der Waals surface area (Å²) in [5.74, 6) is 0. The van der Waals surface area contributed by atoms with Gasteiger partial charge in [-0.3, -0.25) is 0 Å². The molecule has 1 aromatic carbocycles. The second kappa shape index (κ2) is 5.59. The molecular formula is C11H14ClN3. The van der Waals surface area contributed by atoms with Crippen molar-refractivity contribution in [1.29, 1.82) is 5.26 Å². The van der Waals surface area contributed by atoms with Crippen molar-refractivity contribution < 1.29 is 0 Å². The molecule has 0 bridgehead atoms. The lowest BCUT2D eigenvalue weighted by molar-refractivity contribution is 0.335. The van der Waals surface area contributed by atoms with Crippen molar-refractivity contribution in [2.75, 3.05) is 19.3 Å². The third-order valence-corrected chi connectivity index (χ3v) is 2.54. The number of nitrogens with zero attached hydrogens (tertiary/aromatic N) is 2. The van der Waals surface area contributed by atoms with Gasteiger partial charge in [-0.25, -0.2) is 0 Å². The van der Waals surface area contributed by atoms with Gasteiger partial charge in [0.15, 0.2) is 0 Å². The van der Waals surface area contributed by atoms with Crippen molar-refractivity contribution in [2.45, 2.75) is 13.0 Å². The van der Waals surface area contributed by atoms with Gasteiger partial charge in [-0.2, -0.15) is 5.26 Å². The second-order valence-electron chi connectivity index (χ2n) is 3.45. The van der Waals surface area contributed by atoms with Crippen LogP contribution in [-0.2, 0) is 6.54 Å². The molecule has 0 aliphatic rings. The fraction of sp³-hybridized carbons (Fsp3) is 0.364. The van der Waals surface area contributed by atoms with Crippen LogP contribution in [0.25, 0.3) is 0 Å². The van der Waals surface area contributed by atoms with Gasteiger partial charge >= 0.3 is 0 Å². The standard InChI is InChI=1S/C11H14ClN3/c1-15(7-3-6-13)8-9-10(12)4-2-5-11(9)14/h2,4-5H,3,7-8,14H2,1H3. The first-order valence-electron chi connectivity index (χ1n) is 4.73. The Morgan fingerprint density at radius 1 is 1.53 bits per heavy atom. The number of halogens is 1. The van der Waals surface area contributed by atoms with Crippen LogP contribution in [0.2, 0.25) is 5.02 Å². The van der Waals surface area contributed by atoms with Gasteiger partial charge in [-0.15, -0.1) is 0 Å². The number of nitriles is 1. The summed E-state index contributed by atoms with van der Waals surface area (Å²) in [5.41, 5.74) is 7.45. The van der Waals surface area contributed by atoms with Crippen LogP contribution in [0.4, 0.5) is 5.69 Å². The molecule has 0 heterocycles. The molecule has 1 aromatic rings. The van der Waals surface area contributed by atoms with E-state index in [0.717, 1.165) is 12.1 Å². The van der Waals surface area contributed by atoms with Crippen LogP contribution in [0.15, 0.2) is 18.2 Å². The molecule has 4 heteroatoms. The van der Waals surface area contributed by atoms with Gasteiger partial charge in [-0.1, -0.05) is 17.7 Å². The number of anilines is 1. The number of benzene rings is 1. The molecule has 0 aliphatic heterocycles. The lowest BCUT2D eigenvalue weighted by Crippen LogP contribution is -2.19. The Hall–Kier alpha value is -1.24. The van der Waals surface area contributed by atoms with E-state index >= 15 is 0 Å². The molecule has 80 valence electrons. The average Bonchev–Trinajstić information content (AvgIpc) is 2.21. The molecular weight excluding hydrogens is 210 g/mol. The van der Waals surface area contributed by atoms with Crippen molar-refractivity contribution in [2.24, 2.45) is 0 Å². The number of nitrogens with two attached hydrogens (primary N) is 1. The van der Waals surface area contributed by atoms with E-state index in [1.54, 1.807) is 0 Å². The highest BCUT2D eigenvalue weighted by atomic mass is 35.5. The number of hydrogen-bond donors (Lipinski definition) is 1. The topological polar surface area (TPSA) is 53.0 Å². The molecule has 1 rings (SSSR count). The molecule has 15 heavy (non-hydrogen) atoms. The maximum Gasteiger partial charge on any atom is 0.0635 e. The summed E-state index contributed by atoms with van der Waals surface area (Å²) in [6, 6.07) is 7.59. The van der Waals surface area contributed by atoms with Crippen molar-refractivity contribution in [1.82, 2.24) is 4.90 Å². The van der Waals surface area contributed by atoms with Crippen LogP contribution in [0.1, 0.15) is 12.0 Å². The Kier molecular flexibility index (Phi) is 4.41. The minimum absolute atomic E-state index is 0.515. The third-order valence-electron chi connectivity index (χ3n) is 2.19. The Labute approximate surface area is 95.1 Å². The summed E-state index contributed by atoms with van der Waals surface area (Å²) in [5, 5.41) is 9.14. The van der Waals surface area contributed by atoms with E-state index in [-0.39, 0.29) is 0 Å². The fourth-order valence-corrected chi connectivity index (χ4v) is 1.57. The van der Waals surface area contributed by atoms with Gasteiger partial charge in [0, 0.05) is 35.8 Å². The largest absolute Gasteiger partial charge is 0.398 e. The van der Waals surface area contributed by atoms with Crippen LogP contribution in [0, 0.1) is 11.3 Å². The van der Waals surface area contributed by atoms with Crippen LogP contribution in [-0.4, -0.2) is 18.5 Å². The summed E-state index contributed by atoms with van der Waals surface area (Å²) >= 11 is 6.04. The molecule has 0 amide bonds. The van der Waals surface area contributed by atoms with E-state index < -0.39 is 0 Å². The van der Waals surface area contributed by atoms with Gasteiger partial charge in [0.1, 0.15) is 0 Å². The molecule has 2 N–H and O–H groups in total. The van der Waals surface area contributed by atoms with Crippen LogP contribution in [0.5, 0.6) is 0 Å². The monoisotopic (exact) mass is 223 g/mol. The van der Waals surface area contributed by atoms with Crippen molar-refractivity contribution in [3.8, 4) is 6.07 Å². The first kappa shape index (κ1) is 11.8. The smallest absolute Gasteiger partial charge is 0.0635 e. The van der Waals surface area contributed by atoms with Crippen molar-refractivity contribution in [3.05, 3.63) is 28.8 Å². The second-order valence-corrected chi connectivity index (χ2v) is 3.86. The molecule has 0 saturated carbocycles. The van der Waals surface area contributed by atoms with E-state index in [4.69, 9.17) is 22.6 Å². The molecule has 0 aliphatic carbocycles. The molecule has 0 unspecified atom stereocenters. The van der Waals surface area contributed by atoms with E-state index in [9.17, 15) is 0 Å². The van der Waals surface area contributed by atoms with Gasteiger partial charge < -0.3 is 10.6 Å². The first-order chi connectivity index (χ1) is 7.15. The van der Waals surface area contributed by atoms with Gasteiger partial charge in [0.05, 0.1) is 6.07 Å². The van der Waals surface area contributed by atoms with E-state index in [1.807, 2.05) is 30.1 Å². The van der Waals surface area contributed by atoms with Gasteiger partial charge in [-0.05, 0) is 19.2 Å². The maximum absolute atomic E-state index is 8.46. The van der Waals surface area contributed by atoms with Crippen LogP contribution >= 0.6 is 11.6 Å². The van der Waals surface area contributed by atoms with Crippen LogP contribution < -0.4 is 5.73 Å². The van der Waals surface area contributed by atoms with E-state index in [1.165, 1.54) is 0 Å². The Morgan fingerprint density at radius 2 is 2.27 bits per heavy atom. The number of hydrogen-bond acceptors (Lipinski definition) is 3. The first-order valence-corrected chi connectivity index (χ1v) is 5.11. The molecule has 0 spiro atoms. The molecule has 0 saturated heterocycles. The van der Waals surface area contributed by atoms with Crippen LogP contribution in [0.3, 0.4) is 0 Å². The zero-order chi connectivity index (χ0) is 11.3. The highest BCUT2D eigenvalue weighted by Gasteiger charge is 2.07. The molecule has 0 aromatic heterocycles. The third kappa shape index (κ3) is 3.43. The summed E-state index contributed by atoms with van der Waals surface area (Å²) in [7, 11) is 1.94. The number of rotatable bonds is 4. The van der Waals surface area contributed by atoms with Gasteiger partial charge in [0.25, 0.3) is 0 Å². The minimum atomic E-state index is 0.515. The summed E-state index contributed by atoms with van der Waals surface area (Å²) in [6.07, 6.45) is 0.515. The Bertz CT molecular complexity index is 350. The highest BCUT2D eigenvalue weighted by molar-refractivity contribution is 6.31. The summed E-state index contributed by atoms with van der Waals surface area (Å²) in [6.45, 7) is 1.40. The quantitative estimate of drug-likeness (QED) is 0.797. The van der Waals surface area contributed by atoms with E-state index in [0.29, 0.717) is 23.7 Å². The lowest BCUT2D eigenvalue weighted by atomic mass is 10.1. The van der Waals surface area contributed by atoms with Gasteiger partial charge in [0.2, 0.25) is 0 Å².